The van der Waals surface area contributed by atoms with Crippen molar-refractivity contribution in [3.8, 4) is 0 Å². The van der Waals surface area contributed by atoms with Crippen LogP contribution in [0.2, 0.25) is 5.02 Å². The summed E-state index contributed by atoms with van der Waals surface area (Å²) in [4.78, 5) is 10.6. The SMILES string of the molecule is O=[N+]([O-])c1cc(I)cc2c1oc1cc(Cl)ccc12. The molecule has 0 aliphatic heterocycles. The number of hydrogen-bond donors (Lipinski definition) is 0. The number of nitrogens with zero attached hydrogens (tertiary/aromatic N) is 1. The molecule has 0 saturated carbocycles. The monoisotopic (exact) mass is 373 g/mol. The van der Waals surface area contributed by atoms with Gasteiger partial charge < -0.3 is 4.42 Å². The summed E-state index contributed by atoms with van der Waals surface area (Å²) in [6.45, 7) is 0. The van der Waals surface area contributed by atoms with Crippen LogP contribution in [-0.4, -0.2) is 4.92 Å². The lowest BCUT2D eigenvalue weighted by molar-refractivity contribution is -0.383. The van der Waals surface area contributed by atoms with E-state index in [1.165, 1.54) is 6.07 Å². The second-order valence-corrected chi connectivity index (χ2v) is 5.48. The molecule has 0 spiro atoms. The predicted octanol–water partition coefficient (Wildman–Crippen LogP) is 4.75. The molecule has 90 valence electrons. The maximum atomic E-state index is 11.0. The molecule has 0 aliphatic rings. The van der Waals surface area contributed by atoms with Gasteiger partial charge in [0.1, 0.15) is 5.58 Å². The third-order valence-corrected chi connectivity index (χ3v) is 3.53. The quantitative estimate of drug-likeness (QED) is 0.351. The Morgan fingerprint density at radius 3 is 2.72 bits per heavy atom. The van der Waals surface area contributed by atoms with Crippen LogP contribution in [0.5, 0.6) is 0 Å². The first-order valence-corrected chi connectivity index (χ1v) is 6.47. The van der Waals surface area contributed by atoms with Crippen LogP contribution in [0.25, 0.3) is 21.9 Å². The molecular formula is C12H5ClINO3. The molecule has 1 heterocycles. The number of benzene rings is 2. The van der Waals surface area contributed by atoms with E-state index < -0.39 is 4.92 Å². The van der Waals surface area contributed by atoms with Gasteiger partial charge in [0.05, 0.1) is 4.92 Å². The van der Waals surface area contributed by atoms with Gasteiger partial charge in [-0.15, -0.1) is 0 Å². The zero-order valence-corrected chi connectivity index (χ0v) is 11.7. The summed E-state index contributed by atoms with van der Waals surface area (Å²) in [5.74, 6) is 0. The average molecular weight is 374 g/mol. The summed E-state index contributed by atoms with van der Waals surface area (Å²) in [6, 6.07) is 8.57. The van der Waals surface area contributed by atoms with Crippen molar-refractivity contribution in [2.75, 3.05) is 0 Å². The van der Waals surface area contributed by atoms with E-state index in [1.807, 2.05) is 12.1 Å². The summed E-state index contributed by atoms with van der Waals surface area (Å²) in [5, 5.41) is 13.1. The lowest BCUT2D eigenvalue weighted by atomic mass is 10.1. The molecule has 0 amide bonds. The van der Waals surface area contributed by atoms with Crippen molar-refractivity contribution in [2.24, 2.45) is 0 Å². The molecule has 0 atom stereocenters. The van der Waals surface area contributed by atoms with Crippen LogP contribution in [0.4, 0.5) is 5.69 Å². The fourth-order valence-corrected chi connectivity index (χ4v) is 2.70. The third kappa shape index (κ3) is 1.74. The van der Waals surface area contributed by atoms with Gasteiger partial charge in [-0.05, 0) is 40.8 Å². The summed E-state index contributed by atoms with van der Waals surface area (Å²) in [7, 11) is 0. The van der Waals surface area contributed by atoms with Crippen molar-refractivity contribution in [3.63, 3.8) is 0 Å². The van der Waals surface area contributed by atoms with Gasteiger partial charge in [0.2, 0.25) is 5.58 Å². The summed E-state index contributed by atoms with van der Waals surface area (Å²) in [5.41, 5.74) is 0.824. The molecule has 3 aromatic rings. The van der Waals surface area contributed by atoms with E-state index in [2.05, 4.69) is 22.6 Å². The Hall–Kier alpha value is -1.34. The Balaban J connectivity index is 2.52. The molecule has 0 radical (unpaired) electrons. The van der Waals surface area contributed by atoms with E-state index in [4.69, 9.17) is 16.0 Å². The average Bonchev–Trinajstić information content (AvgIpc) is 2.65. The lowest BCUT2D eigenvalue weighted by Gasteiger charge is -1.94. The molecule has 6 heteroatoms. The number of hydrogen-bond acceptors (Lipinski definition) is 3. The van der Waals surface area contributed by atoms with E-state index in [0.29, 0.717) is 10.6 Å². The number of furan rings is 1. The number of rotatable bonds is 1. The highest BCUT2D eigenvalue weighted by Crippen LogP contribution is 2.36. The molecule has 3 rings (SSSR count). The number of fused-ring (bicyclic) bond motifs is 3. The van der Waals surface area contributed by atoms with Crippen molar-refractivity contribution < 1.29 is 9.34 Å². The molecule has 0 fully saturated rings. The zero-order valence-electron chi connectivity index (χ0n) is 8.81. The van der Waals surface area contributed by atoms with Crippen molar-refractivity contribution in [2.45, 2.75) is 0 Å². The van der Waals surface area contributed by atoms with Crippen LogP contribution < -0.4 is 0 Å². The van der Waals surface area contributed by atoms with Gasteiger partial charge in [-0.1, -0.05) is 11.6 Å². The first kappa shape index (κ1) is 11.7. The van der Waals surface area contributed by atoms with Crippen molar-refractivity contribution in [1.82, 2.24) is 0 Å². The lowest BCUT2D eigenvalue weighted by Crippen LogP contribution is -1.88. The van der Waals surface area contributed by atoms with Gasteiger partial charge in [-0.3, -0.25) is 10.1 Å². The number of nitro benzene ring substituents is 1. The number of non-ortho nitro benzene ring substituents is 1. The summed E-state index contributed by atoms with van der Waals surface area (Å²) in [6.07, 6.45) is 0. The molecule has 0 aliphatic carbocycles. The topological polar surface area (TPSA) is 56.3 Å². The van der Waals surface area contributed by atoms with Crippen molar-refractivity contribution in [3.05, 3.63) is 49.0 Å². The standard InChI is InChI=1S/C12H5ClINO3/c13-6-1-2-8-9-4-7(14)5-10(15(16)17)12(9)18-11(8)3-6/h1-5H. The maximum absolute atomic E-state index is 11.0. The van der Waals surface area contributed by atoms with Gasteiger partial charge in [0, 0.05) is 31.5 Å². The van der Waals surface area contributed by atoms with E-state index in [0.717, 1.165) is 14.3 Å². The first-order chi connectivity index (χ1) is 8.56. The normalized spacial score (nSPS) is 11.2. The highest BCUT2D eigenvalue weighted by Gasteiger charge is 2.19. The molecular weight excluding hydrogens is 368 g/mol. The fourth-order valence-electron chi connectivity index (χ4n) is 1.94. The van der Waals surface area contributed by atoms with Gasteiger partial charge in [0.15, 0.2) is 0 Å². The van der Waals surface area contributed by atoms with Crippen molar-refractivity contribution >= 4 is 61.8 Å². The predicted molar refractivity (Wildman–Crippen MR) is 78.1 cm³/mol. The molecule has 2 aromatic carbocycles. The molecule has 0 unspecified atom stereocenters. The Bertz CT molecular complexity index is 797. The van der Waals surface area contributed by atoms with Gasteiger partial charge >= 0.3 is 5.69 Å². The second-order valence-electron chi connectivity index (χ2n) is 3.80. The molecule has 0 bridgehead atoms. The summed E-state index contributed by atoms with van der Waals surface area (Å²) < 4.78 is 6.35. The van der Waals surface area contributed by atoms with Crippen LogP contribution in [-0.2, 0) is 0 Å². The highest BCUT2D eigenvalue weighted by atomic mass is 127. The Morgan fingerprint density at radius 2 is 2.00 bits per heavy atom. The first-order valence-electron chi connectivity index (χ1n) is 5.02. The minimum absolute atomic E-state index is 0.0239. The number of nitro groups is 1. The van der Waals surface area contributed by atoms with Gasteiger partial charge in [-0.25, -0.2) is 0 Å². The molecule has 4 nitrogen and oxygen atoms in total. The Labute approximate surface area is 120 Å². The van der Waals surface area contributed by atoms with E-state index in [9.17, 15) is 10.1 Å². The van der Waals surface area contributed by atoms with E-state index >= 15 is 0 Å². The molecule has 0 N–H and O–H groups in total. The zero-order chi connectivity index (χ0) is 12.9. The van der Waals surface area contributed by atoms with Crippen LogP contribution in [0.1, 0.15) is 0 Å². The van der Waals surface area contributed by atoms with Crippen molar-refractivity contribution in [1.29, 1.82) is 0 Å². The van der Waals surface area contributed by atoms with E-state index in [1.54, 1.807) is 12.1 Å². The van der Waals surface area contributed by atoms with Crippen LogP contribution in [0.3, 0.4) is 0 Å². The van der Waals surface area contributed by atoms with Gasteiger partial charge in [0.25, 0.3) is 0 Å². The minimum atomic E-state index is -0.436. The van der Waals surface area contributed by atoms with Crippen LogP contribution >= 0.6 is 34.2 Å². The molecule has 0 saturated heterocycles. The summed E-state index contributed by atoms with van der Waals surface area (Å²) >= 11 is 7.94. The largest absolute Gasteiger partial charge is 0.449 e. The number of halogens is 2. The van der Waals surface area contributed by atoms with Crippen LogP contribution in [0.15, 0.2) is 34.7 Å². The van der Waals surface area contributed by atoms with Gasteiger partial charge in [-0.2, -0.15) is 0 Å². The smallest absolute Gasteiger partial charge is 0.313 e. The Kier molecular flexibility index (Phi) is 2.67. The molecule has 18 heavy (non-hydrogen) atoms. The Morgan fingerprint density at radius 1 is 1.22 bits per heavy atom. The fraction of sp³-hybridized carbons (Fsp3) is 0. The minimum Gasteiger partial charge on any atom is -0.449 e. The maximum Gasteiger partial charge on any atom is 0.313 e. The van der Waals surface area contributed by atoms with Crippen LogP contribution in [0, 0.1) is 13.7 Å². The molecule has 1 aromatic heterocycles. The van der Waals surface area contributed by atoms with E-state index in [-0.39, 0.29) is 11.3 Å². The highest BCUT2D eigenvalue weighted by molar-refractivity contribution is 14.1. The third-order valence-electron chi connectivity index (χ3n) is 2.68. The second kappa shape index (κ2) is 4.10.